The summed E-state index contributed by atoms with van der Waals surface area (Å²) in [7, 11) is 0. The summed E-state index contributed by atoms with van der Waals surface area (Å²) >= 11 is 0. The first-order chi connectivity index (χ1) is 10.5. The molecule has 0 saturated carbocycles. The van der Waals surface area contributed by atoms with E-state index in [0.29, 0.717) is 5.56 Å². The highest BCUT2D eigenvalue weighted by molar-refractivity contribution is 5.87. The molecule has 0 fully saturated rings. The van der Waals surface area contributed by atoms with E-state index in [0.717, 1.165) is 5.56 Å². The highest BCUT2D eigenvalue weighted by Crippen LogP contribution is 2.17. The van der Waals surface area contributed by atoms with Crippen LogP contribution in [-0.2, 0) is 4.79 Å². The van der Waals surface area contributed by atoms with Gasteiger partial charge in [0.05, 0.1) is 6.04 Å². The van der Waals surface area contributed by atoms with E-state index in [1.165, 1.54) is 0 Å². The van der Waals surface area contributed by atoms with Crippen LogP contribution in [0.4, 0.5) is 8.78 Å². The molecule has 1 amide bonds. The van der Waals surface area contributed by atoms with Gasteiger partial charge in [-0.05, 0) is 30.5 Å². The van der Waals surface area contributed by atoms with E-state index >= 15 is 0 Å². The molecule has 0 aromatic heterocycles. The molecule has 1 N–H and O–H groups in total. The molecule has 4 heteroatoms. The number of rotatable bonds is 3. The van der Waals surface area contributed by atoms with Crippen molar-refractivity contribution in [3.63, 3.8) is 0 Å². The fraction of sp³-hybridized carbons (Fsp3) is 0.167. The quantitative estimate of drug-likeness (QED) is 0.863. The van der Waals surface area contributed by atoms with Crippen molar-refractivity contribution in [1.82, 2.24) is 5.32 Å². The Morgan fingerprint density at radius 1 is 1.05 bits per heavy atom. The zero-order chi connectivity index (χ0) is 16.0. The summed E-state index contributed by atoms with van der Waals surface area (Å²) in [5.74, 6) is -1.08. The molecule has 2 rings (SSSR count). The Morgan fingerprint density at radius 3 is 2.18 bits per heavy atom. The summed E-state index contributed by atoms with van der Waals surface area (Å²) in [5.41, 5.74) is 1.19. The van der Waals surface area contributed by atoms with Gasteiger partial charge in [0.15, 0.2) is 0 Å². The first-order valence-electron chi connectivity index (χ1n) is 6.81. The minimum Gasteiger partial charge on any atom is -0.343 e. The van der Waals surface area contributed by atoms with Crippen LogP contribution < -0.4 is 5.32 Å². The summed E-state index contributed by atoms with van der Waals surface area (Å²) < 4.78 is 27.6. The molecule has 0 aliphatic heterocycles. The molecular formula is C18H15F2NO. The van der Waals surface area contributed by atoms with E-state index in [4.69, 9.17) is 0 Å². The molecule has 1 atom stereocenters. The predicted octanol–water partition coefficient (Wildman–Crippen LogP) is 3.55. The molecule has 112 valence electrons. The van der Waals surface area contributed by atoms with Crippen LogP contribution in [0.25, 0.3) is 0 Å². The zero-order valence-corrected chi connectivity index (χ0v) is 12.0. The van der Waals surface area contributed by atoms with Crippen molar-refractivity contribution < 1.29 is 13.6 Å². The fourth-order valence-electron chi connectivity index (χ4n) is 1.84. The van der Waals surface area contributed by atoms with Crippen molar-refractivity contribution >= 4 is 5.91 Å². The van der Waals surface area contributed by atoms with Crippen LogP contribution >= 0.6 is 0 Å². The summed E-state index contributed by atoms with van der Waals surface area (Å²) in [6, 6.07) is 16.8. The monoisotopic (exact) mass is 299 g/mol. The number of alkyl halides is 2. The zero-order valence-electron chi connectivity index (χ0n) is 12.0. The van der Waals surface area contributed by atoms with Gasteiger partial charge in [-0.15, -0.1) is 0 Å². The van der Waals surface area contributed by atoms with Gasteiger partial charge in [0.2, 0.25) is 0 Å². The molecule has 0 aliphatic rings. The second-order valence-corrected chi connectivity index (χ2v) is 4.80. The standard InChI is InChI=1S/C18H15F2NO/c1-14(16-10-6-3-7-11-16)21-17(22)18(19,20)13-12-15-8-4-2-5-9-15/h2-11,14H,1H3,(H,21,22)/t14-/m0/s1. The van der Waals surface area contributed by atoms with Gasteiger partial charge in [0.1, 0.15) is 0 Å². The highest BCUT2D eigenvalue weighted by atomic mass is 19.3. The van der Waals surface area contributed by atoms with Gasteiger partial charge >= 0.3 is 11.8 Å². The number of hydrogen-bond donors (Lipinski definition) is 1. The lowest BCUT2D eigenvalue weighted by atomic mass is 10.1. The van der Waals surface area contributed by atoms with Crippen LogP contribution in [0.3, 0.4) is 0 Å². The maximum Gasteiger partial charge on any atom is 0.385 e. The summed E-state index contributed by atoms with van der Waals surface area (Å²) in [4.78, 5) is 11.7. The molecule has 0 spiro atoms. The first-order valence-corrected chi connectivity index (χ1v) is 6.81. The molecule has 0 saturated heterocycles. The normalized spacial score (nSPS) is 12.0. The second-order valence-electron chi connectivity index (χ2n) is 4.80. The Kier molecular flexibility index (Phi) is 4.90. The largest absolute Gasteiger partial charge is 0.385 e. The number of nitrogens with one attached hydrogen (secondary N) is 1. The van der Waals surface area contributed by atoms with Gasteiger partial charge in [0.25, 0.3) is 0 Å². The van der Waals surface area contributed by atoms with Gasteiger partial charge in [-0.25, -0.2) is 0 Å². The summed E-state index contributed by atoms with van der Waals surface area (Å²) in [5, 5.41) is 2.28. The van der Waals surface area contributed by atoms with Gasteiger partial charge in [-0.1, -0.05) is 54.5 Å². The van der Waals surface area contributed by atoms with Crippen LogP contribution in [0.15, 0.2) is 60.7 Å². The molecular weight excluding hydrogens is 284 g/mol. The van der Waals surface area contributed by atoms with E-state index in [2.05, 4.69) is 11.2 Å². The second kappa shape index (κ2) is 6.86. The van der Waals surface area contributed by atoms with Crippen LogP contribution in [0.2, 0.25) is 0 Å². The number of carbonyl (C=O) groups excluding carboxylic acids is 1. The van der Waals surface area contributed by atoms with Gasteiger partial charge in [-0.3, -0.25) is 4.79 Å². The third kappa shape index (κ3) is 4.16. The van der Waals surface area contributed by atoms with Crippen molar-refractivity contribution in [2.75, 3.05) is 0 Å². The van der Waals surface area contributed by atoms with E-state index in [1.807, 2.05) is 6.07 Å². The van der Waals surface area contributed by atoms with Crippen molar-refractivity contribution in [3.05, 3.63) is 71.8 Å². The van der Waals surface area contributed by atoms with Crippen molar-refractivity contribution in [1.29, 1.82) is 0 Å². The van der Waals surface area contributed by atoms with Gasteiger partial charge in [-0.2, -0.15) is 8.78 Å². The number of benzene rings is 2. The Bertz CT molecular complexity index is 687. The number of hydrogen-bond acceptors (Lipinski definition) is 1. The van der Waals surface area contributed by atoms with Crippen molar-refractivity contribution in [3.8, 4) is 11.8 Å². The number of amides is 1. The Labute approximate surface area is 128 Å². The first kappa shape index (κ1) is 15.7. The van der Waals surface area contributed by atoms with E-state index in [9.17, 15) is 13.6 Å². The Morgan fingerprint density at radius 2 is 1.59 bits per heavy atom. The third-order valence-electron chi connectivity index (χ3n) is 3.07. The predicted molar refractivity (Wildman–Crippen MR) is 81.3 cm³/mol. The smallest absolute Gasteiger partial charge is 0.343 e. The maximum absolute atomic E-state index is 13.8. The molecule has 2 aromatic rings. The van der Waals surface area contributed by atoms with Crippen LogP contribution in [-0.4, -0.2) is 11.8 Å². The minimum atomic E-state index is -3.74. The Hall–Kier alpha value is -2.67. The lowest BCUT2D eigenvalue weighted by Crippen LogP contribution is -2.40. The average molecular weight is 299 g/mol. The van der Waals surface area contributed by atoms with Crippen LogP contribution in [0.5, 0.6) is 0 Å². The Balaban J connectivity index is 2.06. The molecule has 22 heavy (non-hydrogen) atoms. The molecule has 2 aromatic carbocycles. The van der Waals surface area contributed by atoms with Crippen molar-refractivity contribution in [2.24, 2.45) is 0 Å². The molecule has 0 heterocycles. The molecule has 0 bridgehead atoms. The summed E-state index contributed by atoms with van der Waals surface area (Å²) in [6.07, 6.45) is 0. The lowest BCUT2D eigenvalue weighted by molar-refractivity contribution is -0.139. The van der Waals surface area contributed by atoms with E-state index < -0.39 is 17.9 Å². The van der Waals surface area contributed by atoms with Crippen molar-refractivity contribution in [2.45, 2.75) is 18.9 Å². The fourth-order valence-corrected chi connectivity index (χ4v) is 1.84. The average Bonchev–Trinajstić information content (AvgIpc) is 2.54. The maximum atomic E-state index is 13.8. The third-order valence-corrected chi connectivity index (χ3v) is 3.07. The molecule has 0 aliphatic carbocycles. The number of halogens is 2. The van der Waals surface area contributed by atoms with Gasteiger partial charge in [0, 0.05) is 5.56 Å². The SMILES string of the molecule is C[C@H](NC(=O)C(F)(F)C#Cc1ccccc1)c1ccccc1. The molecule has 0 unspecified atom stereocenters. The van der Waals surface area contributed by atoms with E-state index in [1.54, 1.807) is 67.4 Å². The van der Waals surface area contributed by atoms with Crippen LogP contribution in [0.1, 0.15) is 24.1 Å². The number of carbonyl (C=O) groups is 1. The minimum absolute atomic E-state index is 0.436. The molecule has 2 nitrogen and oxygen atoms in total. The molecule has 0 radical (unpaired) electrons. The lowest BCUT2D eigenvalue weighted by Gasteiger charge is -2.16. The summed E-state index contributed by atoms with van der Waals surface area (Å²) in [6.45, 7) is 1.65. The van der Waals surface area contributed by atoms with Gasteiger partial charge < -0.3 is 5.32 Å². The van der Waals surface area contributed by atoms with Crippen LogP contribution in [0, 0.1) is 11.8 Å². The topological polar surface area (TPSA) is 29.1 Å². The van der Waals surface area contributed by atoms with E-state index in [-0.39, 0.29) is 0 Å². The highest BCUT2D eigenvalue weighted by Gasteiger charge is 2.37.